The summed E-state index contributed by atoms with van der Waals surface area (Å²) in [5, 5.41) is 46.0. The molecule has 0 aromatic rings. The van der Waals surface area contributed by atoms with Crippen molar-refractivity contribution in [2.45, 2.75) is 77.8 Å². The van der Waals surface area contributed by atoms with E-state index in [2.05, 4.69) is 4.74 Å². The molecule has 0 radical (unpaired) electrons. The molecular weight excluding hydrogens is 587 g/mol. The summed E-state index contributed by atoms with van der Waals surface area (Å²) < 4.78 is 229. The smallest absolute Gasteiger partial charge is 0.391 e. The lowest BCUT2D eigenvalue weighted by Crippen LogP contribution is -2.75. The average Bonchev–Trinajstić information content (AvgIpc) is 2.96. The van der Waals surface area contributed by atoms with Crippen LogP contribution in [-0.4, -0.2) is 110 Å². The molecule has 6 nitrogen and oxygen atoms in total. The van der Waals surface area contributed by atoms with E-state index in [9.17, 15) is 95.1 Å². The molecule has 37 heavy (non-hydrogen) atoms. The molecule has 1 heterocycles. The van der Waals surface area contributed by atoms with Crippen molar-refractivity contribution in [2.24, 2.45) is 0 Å². The van der Waals surface area contributed by atoms with Gasteiger partial charge in [-0.1, -0.05) is 0 Å². The van der Waals surface area contributed by atoms with Crippen molar-refractivity contribution >= 4 is 0 Å². The fourth-order valence-corrected chi connectivity index (χ4v) is 2.77. The Morgan fingerprint density at radius 1 is 0.622 bits per heavy atom. The third-order valence-corrected chi connectivity index (χ3v) is 5.12. The van der Waals surface area contributed by atoms with Gasteiger partial charge in [-0.25, -0.2) is 0 Å². The van der Waals surface area contributed by atoms with E-state index in [0.29, 0.717) is 0 Å². The maximum atomic E-state index is 14.0. The predicted molar refractivity (Wildman–Crippen MR) is 75.6 cm³/mol. The first-order valence-electron chi connectivity index (χ1n) is 8.65. The van der Waals surface area contributed by atoms with E-state index in [4.69, 9.17) is 5.11 Å². The van der Waals surface area contributed by atoms with Gasteiger partial charge in [-0.2, -0.15) is 74.6 Å². The third-order valence-electron chi connectivity index (χ3n) is 5.12. The van der Waals surface area contributed by atoms with Crippen LogP contribution in [-0.2, 0) is 4.74 Å². The summed E-state index contributed by atoms with van der Waals surface area (Å²) in [6.45, 7) is -1.93. The Balaban J connectivity index is 3.63. The maximum absolute atomic E-state index is 14.0. The molecule has 5 N–H and O–H groups in total. The minimum absolute atomic E-state index is 1.93. The molecule has 1 saturated heterocycles. The second kappa shape index (κ2) is 8.79. The van der Waals surface area contributed by atoms with Crippen LogP contribution in [0, 0.1) is 0 Å². The molecule has 5 atom stereocenters. The SMILES string of the molecule is OC[C@@]1(O)O[C@H]([C@@H](O)C(F)(F)C(F)(F)C(F)(F)C(F)(F)C(F)(F)C(F)(F)C(F)(F)C(F)(F)F)[C@@H](O)[C@@H]1O. The normalized spacial score (nSPS) is 28.5. The Morgan fingerprint density at radius 2 is 0.946 bits per heavy atom. The van der Waals surface area contributed by atoms with E-state index in [1.807, 2.05) is 0 Å². The number of ether oxygens (including phenoxy) is 1. The second-order valence-corrected chi connectivity index (χ2v) is 7.53. The van der Waals surface area contributed by atoms with E-state index in [0.717, 1.165) is 0 Å². The van der Waals surface area contributed by atoms with Crippen molar-refractivity contribution in [3.8, 4) is 0 Å². The van der Waals surface area contributed by atoms with E-state index in [1.165, 1.54) is 0 Å². The standard InChI is InChI=1S/C14H11F17O6/c15-7(16,5(35)3-2(33)4(34)6(36,1-32)37-3)8(17,18)9(19,20)10(21,22)11(23,24)12(25,26)13(27,28)14(29,30)31/h2-5,32-36H,1H2/t2-,3+,4+,5-,6-/m1/s1. The molecule has 1 fully saturated rings. The van der Waals surface area contributed by atoms with Gasteiger partial charge < -0.3 is 30.3 Å². The topological polar surface area (TPSA) is 110 Å². The number of aliphatic hydroxyl groups excluding tert-OH is 4. The number of hydrogen-bond donors (Lipinski definition) is 5. The van der Waals surface area contributed by atoms with Gasteiger partial charge in [0.1, 0.15) is 18.3 Å². The van der Waals surface area contributed by atoms with Crippen molar-refractivity contribution in [3.05, 3.63) is 0 Å². The number of alkyl halides is 17. The zero-order valence-electron chi connectivity index (χ0n) is 16.6. The number of hydrogen-bond acceptors (Lipinski definition) is 6. The lowest BCUT2D eigenvalue weighted by molar-refractivity contribution is -0.465. The Labute approximate surface area is 190 Å². The zero-order chi connectivity index (χ0) is 30.2. The van der Waals surface area contributed by atoms with E-state index in [1.54, 1.807) is 0 Å². The molecule has 23 heteroatoms. The summed E-state index contributed by atoms with van der Waals surface area (Å²) in [4.78, 5) is 0. The van der Waals surface area contributed by atoms with Crippen LogP contribution in [0.5, 0.6) is 0 Å². The van der Waals surface area contributed by atoms with E-state index in [-0.39, 0.29) is 0 Å². The molecular formula is C14H11F17O6. The Hall–Kier alpha value is -1.43. The molecule has 0 aromatic carbocycles. The summed E-state index contributed by atoms with van der Waals surface area (Å²) in [7, 11) is 0. The van der Waals surface area contributed by atoms with Crippen molar-refractivity contribution in [3.63, 3.8) is 0 Å². The Morgan fingerprint density at radius 3 is 1.24 bits per heavy atom. The first kappa shape index (κ1) is 33.6. The Bertz CT molecular complexity index is 845. The first-order valence-corrected chi connectivity index (χ1v) is 8.65. The van der Waals surface area contributed by atoms with Crippen LogP contribution in [0.1, 0.15) is 0 Å². The van der Waals surface area contributed by atoms with Crippen LogP contribution in [0.15, 0.2) is 0 Å². The summed E-state index contributed by atoms with van der Waals surface area (Å²) >= 11 is 0. The molecule has 0 unspecified atom stereocenters. The molecule has 222 valence electrons. The molecule has 0 aromatic heterocycles. The summed E-state index contributed by atoms with van der Waals surface area (Å²) in [6.07, 6.45) is -22.8. The van der Waals surface area contributed by atoms with Gasteiger partial charge in [-0.3, -0.25) is 0 Å². The van der Waals surface area contributed by atoms with Gasteiger partial charge in [0.2, 0.25) is 5.79 Å². The minimum Gasteiger partial charge on any atom is -0.391 e. The molecule has 0 spiro atoms. The van der Waals surface area contributed by atoms with Crippen LogP contribution in [0.4, 0.5) is 74.6 Å². The highest BCUT2D eigenvalue weighted by molar-refractivity contribution is 5.17. The quantitative estimate of drug-likeness (QED) is 0.261. The zero-order valence-corrected chi connectivity index (χ0v) is 16.6. The second-order valence-electron chi connectivity index (χ2n) is 7.53. The predicted octanol–water partition coefficient (Wildman–Crippen LogP) is 2.16. The first-order chi connectivity index (χ1) is 15.9. The van der Waals surface area contributed by atoms with Crippen LogP contribution in [0.2, 0.25) is 0 Å². The highest BCUT2D eigenvalue weighted by Gasteiger charge is 2.95. The lowest BCUT2D eigenvalue weighted by Gasteiger charge is -2.44. The summed E-state index contributed by atoms with van der Waals surface area (Å²) in [5.74, 6) is -62.8. The molecule has 0 bridgehead atoms. The number of aliphatic hydroxyl groups is 5. The van der Waals surface area contributed by atoms with Gasteiger partial charge in [0, 0.05) is 0 Å². The largest absolute Gasteiger partial charge is 0.460 e. The van der Waals surface area contributed by atoms with Crippen molar-refractivity contribution in [1.82, 2.24) is 0 Å². The molecule has 0 amide bonds. The molecule has 1 aliphatic heterocycles. The van der Waals surface area contributed by atoms with Crippen molar-refractivity contribution in [2.75, 3.05) is 6.61 Å². The summed E-state index contributed by atoms with van der Waals surface area (Å²) in [5.41, 5.74) is 0. The molecule has 0 saturated carbocycles. The average molecular weight is 598 g/mol. The fraction of sp³-hybridized carbons (Fsp3) is 1.00. The van der Waals surface area contributed by atoms with Gasteiger partial charge in [-0.05, 0) is 0 Å². The highest BCUT2D eigenvalue weighted by Crippen LogP contribution is 2.64. The van der Waals surface area contributed by atoms with E-state index >= 15 is 0 Å². The van der Waals surface area contributed by atoms with Gasteiger partial charge in [0.25, 0.3) is 0 Å². The van der Waals surface area contributed by atoms with Crippen molar-refractivity contribution in [1.29, 1.82) is 0 Å². The number of rotatable bonds is 9. The fourth-order valence-electron chi connectivity index (χ4n) is 2.77. The van der Waals surface area contributed by atoms with Crippen LogP contribution in [0.3, 0.4) is 0 Å². The van der Waals surface area contributed by atoms with Gasteiger partial charge in [0.05, 0.1) is 6.61 Å². The Kier molecular flexibility index (Phi) is 7.98. The maximum Gasteiger partial charge on any atom is 0.460 e. The summed E-state index contributed by atoms with van der Waals surface area (Å²) in [6, 6.07) is 0. The van der Waals surface area contributed by atoms with E-state index < -0.39 is 84.4 Å². The van der Waals surface area contributed by atoms with Crippen molar-refractivity contribution < 1.29 is 105 Å². The highest BCUT2D eigenvalue weighted by atomic mass is 19.4. The lowest BCUT2D eigenvalue weighted by atomic mass is 9.86. The van der Waals surface area contributed by atoms with Gasteiger partial charge >= 0.3 is 47.6 Å². The molecule has 0 aliphatic carbocycles. The number of halogens is 17. The molecule has 1 rings (SSSR count). The minimum atomic E-state index is -8.88. The van der Waals surface area contributed by atoms with Crippen LogP contribution < -0.4 is 0 Å². The third kappa shape index (κ3) is 4.19. The van der Waals surface area contributed by atoms with Crippen LogP contribution >= 0.6 is 0 Å². The van der Waals surface area contributed by atoms with Gasteiger partial charge in [0.15, 0.2) is 6.10 Å². The van der Waals surface area contributed by atoms with Gasteiger partial charge in [-0.15, -0.1) is 0 Å². The monoisotopic (exact) mass is 598 g/mol. The van der Waals surface area contributed by atoms with Crippen LogP contribution in [0.25, 0.3) is 0 Å². The molecule has 1 aliphatic rings.